The fourth-order valence-corrected chi connectivity index (χ4v) is 3.84. The Morgan fingerprint density at radius 1 is 1.29 bits per heavy atom. The quantitative estimate of drug-likeness (QED) is 0.880. The number of rotatable bonds is 5. The second-order valence-corrected chi connectivity index (χ2v) is 7.20. The molecule has 4 nitrogen and oxygen atoms in total. The third kappa shape index (κ3) is 3.69. The maximum Gasteiger partial charge on any atom is 0.0766 e. The first kappa shape index (κ1) is 17.0. The van der Waals surface area contributed by atoms with Crippen molar-refractivity contribution in [2.75, 3.05) is 13.1 Å². The van der Waals surface area contributed by atoms with E-state index >= 15 is 0 Å². The van der Waals surface area contributed by atoms with Gasteiger partial charge in [0.15, 0.2) is 0 Å². The largest absolute Gasteiger partial charge is 0.389 e. The number of aryl methyl sites for hydroxylation is 2. The molecular formula is C16H28BrN3O. The van der Waals surface area contributed by atoms with Crippen molar-refractivity contribution in [1.82, 2.24) is 14.7 Å². The summed E-state index contributed by atoms with van der Waals surface area (Å²) in [6, 6.07) is 0.564. The highest BCUT2D eigenvalue weighted by Crippen LogP contribution is 2.31. The van der Waals surface area contributed by atoms with Gasteiger partial charge in [0, 0.05) is 32.1 Å². The molecule has 21 heavy (non-hydrogen) atoms. The van der Waals surface area contributed by atoms with Gasteiger partial charge in [-0.2, -0.15) is 5.10 Å². The molecule has 1 saturated heterocycles. The average Bonchev–Trinajstić information content (AvgIpc) is 2.75. The zero-order valence-electron chi connectivity index (χ0n) is 13.7. The molecule has 0 amide bonds. The molecule has 0 atom stereocenters. The maximum absolute atomic E-state index is 11.0. The van der Waals surface area contributed by atoms with Crippen molar-refractivity contribution in [2.45, 2.75) is 71.6 Å². The minimum absolute atomic E-state index is 0.564. The number of aromatic nitrogens is 2. The first-order valence-electron chi connectivity index (χ1n) is 8.10. The van der Waals surface area contributed by atoms with E-state index in [0.29, 0.717) is 12.5 Å². The van der Waals surface area contributed by atoms with Crippen LogP contribution in [0.4, 0.5) is 0 Å². The predicted octanol–water partition coefficient (Wildman–Crippen LogP) is 3.01. The molecule has 1 aromatic heterocycles. The molecule has 2 heterocycles. The summed E-state index contributed by atoms with van der Waals surface area (Å²) >= 11 is 3.68. The molecule has 120 valence electrons. The fourth-order valence-electron chi connectivity index (χ4n) is 3.13. The Hall–Kier alpha value is -0.390. The van der Waals surface area contributed by atoms with Gasteiger partial charge in [-0.1, -0.05) is 6.92 Å². The lowest BCUT2D eigenvalue weighted by Crippen LogP contribution is -2.48. The molecule has 0 unspecified atom stereocenters. The molecule has 0 radical (unpaired) electrons. The van der Waals surface area contributed by atoms with Crippen molar-refractivity contribution in [3.05, 3.63) is 15.9 Å². The Bertz CT molecular complexity index is 476. The normalized spacial score (nSPS) is 19.4. The highest BCUT2D eigenvalue weighted by molar-refractivity contribution is 9.10. The first-order chi connectivity index (χ1) is 9.90. The zero-order valence-corrected chi connectivity index (χ0v) is 15.3. The van der Waals surface area contributed by atoms with Gasteiger partial charge in [0.1, 0.15) is 0 Å². The van der Waals surface area contributed by atoms with Crippen molar-refractivity contribution >= 4 is 15.9 Å². The van der Waals surface area contributed by atoms with Gasteiger partial charge in [0.25, 0.3) is 0 Å². The summed E-state index contributed by atoms with van der Waals surface area (Å²) in [6.07, 6.45) is 3.29. The Morgan fingerprint density at radius 2 is 1.90 bits per heavy atom. The predicted molar refractivity (Wildman–Crippen MR) is 89.6 cm³/mol. The minimum Gasteiger partial charge on any atom is -0.389 e. The Kier molecular flexibility index (Phi) is 5.49. The Labute approximate surface area is 136 Å². The number of piperidine rings is 1. The van der Waals surface area contributed by atoms with Crippen LogP contribution in [0, 0.1) is 0 Å². The maximum atomic E-state index is 11.0. The minimum atomic E-state index is -0.591. The van der Waals surface area contributed by atoms with Crippen LogP contribution in [-0.2, 0) is 19.4 Å². The lowest BCUT2D eigenvalue weighted by Gasteiger charge is -2.40. The Balaban J connectivity index is 2.13. The van der Waals surface area contributed by atoms with E-state index in [1.807, 2.05) is 4.68 Å². The van der Waals surface area contributed by atoms with Gasteiger partial charge in [0.2, 0.25) is 0 Å². The van der Waals surface area contributed by atoms with Crippen molar-refractivity contribution in [3.8, 4) is 0 Å². The van der Waals surface area contributed by atoms with Crippen molar-refractivity contribution in [1.29, 1.82) is 0 Å². The second-order valence-electron chi connectivity index (χ2n) is 6.41. The van der Waals surface area contributed by atoms with Gasteiger partial charge in [-0.05, 0) is 56.0 Å². The highest BCUT2D eigenvalue weighted by Gasteiger charge is 2.35. The van der Waals surface area contributed by atoms with Gasteiger partial charge in [-0.3, -0.25) is 4.68 Å². The standard InChI is InChI=1S/C16H28BrN3O/c1-5-13-15(17)14(20(6-2)18-13)11-16(21)7-9-19(10-8-16)12(3)4/h12,21H,5-11H2,1-4H3. The van der Waals surface area contributed by atoms with Crippen LogP contribution in [0.1, 0.15) is 51.9 Å². The van der Waals surface area contributed by atoms with Gasteiger partial charge >= 0.3 is 0 Å². The third-order valence-corrected chi connectivity index (χ3v) is 5.57. The molecule has 0 spiro atoms. The summed E-state index contributed by atoms with van der Waals surface area (Å²) in [5, 5.41) is 15.6. The van der Waals surface area contributed by atoms with Crippen LogP contribution >= 0.6 is 15.9 Å². The van der Waals surface area contributed by atoms with Crippen molar-refractivity contribution in [2.24, 2.45) is 0 Å². The van der Waals surface area contributed by atoms with Crippen molar-refractivity contribution in [3.63, 3.8) is 0 Å². The van der Waals surface area contributed by atoms with Crippen LogP contribution in [0.25, 0.3) is 0 Å². The number of likely N-dealkylation sites (tertiary alicyclic amines) is 1. The molecule has 1 aliphatic heterocycles. The van der Waals surface area contributed by atoms with Crippen LogP contribution in [0.3, 0.4) is 0 Å². The van der Waals surface area contributed by atoms with Crippen molar-refractivity contribution < 1.29 is 5.11 Å². The molecule has 0 bridgehead atoms. The van der Waals surface area contributed by atoms with Gasteiger partial charge in [-0.15, -0.1) is 0 Å². The van der Waals surface area contributed by atoms with Gasteiger partial charge < -0.3 is 10.0 Å². The number of aliphatic hydroxyl groups is 1. The highest BCUT2D eigenvalue weighted by atomic mass is 79.9. The molecule has 1 N–H and O–H groups in total. The SMILES string of the molecule is CCc1nn(CC)c(CC2(O)CCN(C(C)C)CC2)c1Br. The van der Waals surface area contributed by atoms with Crippen LogP contribution in [0.5, 0.6) is 0 Å². The summed E-state index contributed by atoms with van der Waals surface area (Å²) in [4.78, 5) is 2.44. The molecule has 1 aliphatic rings. The van der Waals surface area contributed by atoms with E-state index in [4.69, 9.17) is 0 Å². The summed E-state index contributed by atoms with van der Waals surface area (Å²) < 4.78 is 3.13. The third-order valence-electron chi connectivity index (χ3n) is 4.65. The second kappa shape index (κ2) is 6.80. The smallest absolute Gasteiger partial charge is 0.0766 e. The summed E-state index contributed by atoms with van der Waals surface area (Å²) in [7, 11) is 0. The summed E-state index contributed by atoms with van der Waals surface area (Å²) in [5.41, 5.74) is 1.65. The zero-order chi connectivity index (χ0) is 15.6. The van der Waals surface area contributed by atoms with Crippen LogP contribution < -0.4 is 0 Å². The molecule has 0 aromatic carbocycles. The monoisotopic (exact) mass is 357 g/mol. The van der Waals surface area contributed by atoms with E-state index in [2.05, 4.69) is 53.6 Å². The number of hydrogen-bond acceptors (Lipinski definition) is 3. The van der Waals surface area contributed by atoms with E-state index in [1.165, 1.54) is 0 Å². The first-order valence-corrected chi connectivity index (χ1v) is 8.90. The lowest BCUT2D eigenvalue weighted by molar-refractivity contribution is -0.0285. The molecular weight excluding hydrogens is 330 g/mol. The van der Waals surface area contributed by atoms with E-state index in [0.717, 1.165) is 54.8 Å². The molecule has 1 fully saturated rings. The number of halogens is 1. The van der Waals surface area contributed by atoms with E-state index in [-0.39, 0.29) is 0 Å². The van der Waals surface area contributed by atoms with Crippen LogP contribution in [0.15, 0.2) is 4.47 Å². The van der Waals surface area contributed by atoms with Gasteiger partial charge in [0.05, 0.1) is 21.5 Å². The summed E-state index contributed by atoms with van der Waals surface area (Å²) in [6.45, 7) is 11.5. The fraction of sp³-hybridized carbons (Fsp3) is 0.812. The summed E-state index contributed by atoms with van der Waals surface area (Å²) in [5.74, 6) is 0. The molecule has 1 aromatic rings. The van der Waals surface area contributed by atoms with Crippen LogP contribution in [-0.4, -0.2) is 44.5 Å². The van der Waals surface area contributed by atoms with E-state index in [9.17, 15) is 5.11 Å². The Morgan fingerprint density at radius 3 is 2.38 bits per heavy atom. The average molecular weight is 358 g/mol. The molecule has 0 saturated carbocycles. The number of nitrogens with zero attached hydrogens (tertiary/aromatic N) is 3. The van der Waals surface area contributed by atoms with E-state index < -0.39 is 5.60 Å². The molecule has 0 aliphatic carbocycles. The lowest BCUT2D eigenvalue weighted by atomic mass is 9.86. The molecule has 2 rings (SSSR count). The molecule has 5 heteroatoms. The van der Waals surface area contributed by atoms with Crippen LogP contribution in [0.2, 0.25) is 0 Å². The van der Waals surface area contributed by atoms with E-state index in [1.54, 1.807) is 0 Å². The topological polar surface area (TPSA) is 41.3 Å². The van der Waals surface area contributed by atoms with Gasteiger partial charge in [-0.25, -0.2) is 0 Å². The number of hydrogen-bond donors (Lipinski definition) is 1.